The van der Waals surface area contributed by atoms with Gasteiger partial charge in [0, 0.05) is 11.6 Å². The van der Waals surface area contributed by atoms with Crippen LogP contribution in [-0.4, -0.2) is 28.4 Å². The lowest BCUT2D eigenvalue weighted by atomic mass is 9.97. The molecule has 0 aliphatic heterocycles. The molecule has 0 saturated heterocycles. The molecule has 2 aromatic carbocycles. The maximum atomic E-state index is 12.3. The van der Waals surface area contributed by atoms with E-state index in [0.717, 1.165) is 21.9 Å². The number of amides is 2. The zero-order valence-electron chi connectivity index (χ0n) is 20.0. The first-order valence-electron chi connectivity index (χ1n) is 10.9. The monoisotopic (exact) mass is 449 g/mol. The van der Waals surface area contributed by atoms with Crippen LogP contribution in [0.1, 0.15) is 52.7 Å². The smallest absolute Gasteiger partial charge is 0.413 e. The number of hydrogen-bond acceptors (Lipinski definition) is 5. The number of carbonyl (C=O) groups excluding carboxylic acids is 2. The summed E-state index contributed by atoms with van der Waals surface area (Å²) in [7, 11) is 0. The predicted molar refractivity (Wildman–Crippen MR) is 131 cm³/mol. The van der Waals surface area contributed by atoms with E-state index in [4.69, 9.17) is 9.47 Å². The highest BCUT2D eigenvalue weighted by Crippen LogP contribution is 2.29. The highest BCUT2D eigenvalue weighted by atomic mass is 16.6. The van der Waals surface area contributed by atoms with E-state index < -0.39 is 23.4 Å². The Hall–Kier alpha value is -3.61. The summed E-state index contributed by atoms with van der Waals surface area (Å²) >= 11 is 0. The Kier molecular flexibility index (Phi) is 6.91. The van der Waals surface area contributed by atoms with Gasteiger partial charge in [-0.25, -0.2) is 14.6 Å². The molecule has 0 spiro atoms. The summed E-state index contributed by atoms with van der Waals surface area (Å²) in [6.07, 6.45) is 1.24. The van der Waals surface area contributed by atoms with E-state index >= 15 is 0 Å². The van der Waals surface area contributed by atoms with Crippen molar-refractivity contribution in [1.82, 2.24) is 4.98 Å². The van der Waals surface area contributed by atoms with Crippen LogP contribution in [0.15, 0.2) is 54.7 Å². The Labute approximate surface area is 194 Å². The molecule has 1 heterocycles. The summed E-state index contributed by atoms with van der Waals surface area (Å²) < 4.78 is 10.7. The minimum Gasteiger partial charge on any atom is -0.444 e. The van der Waals surface area contributed by atoms with Gasteiger partial charge in [-0.15, -0.1) is 0 Å². The number of nitrogens with zero attached hydrogens (tertiary/aromatic N) is 1. The molecule has 7 heteroatoms. The second-order valence-corrected chi connectivity index (χ2v) is 9.80. The van der Waals surface area contributed by atoms with Crippen molar-refractivity contribution >= 4 is 34.5 Å². The molecule has 0 radical (unpaired) electrons. The van der Waals surface area contributed by atoms with E-state index in [1.54, 1.807) is 6.20 Å². The van der Waals surface area contributed by atoms with Crippen molar-refractivity contribution in [2.24, 2.45) is 0 Å². The summed E-state index contributed by atoms with van der Waals surface area (Å²) in [4.78, 5) is 28.6. The molecular weight excluding hydrogens is 418 g/mol. The van der Waals surface area contributed by atoms with Crippen LogP contribution in [0.2, 0.25) is 0 Å². The molecule has 0 bridgehead atoms. The Bertz CT molecular complexity index is 1160. The molecule has 0 fully saturated rings. The van der Waals surface area contributed by atoms with E-state index in [1.165, 1.54) is 0 Å². The van der Waals surface area contributed by atoms with E-state index in [0.29, 0.717) is 17.9 Å². The van der Waals surface area contributed by atoms with E-state index in [1.807, 2.05) is 90.1 Å². The molecule has 0 atom stereocenters. The van der Waals surface area contributed by atoms with E-state index in [-0.39, 0.29) is 0 Å². The topological polar surface area (TPSA) is 89.6 Å². The third-order valence-electron chi connectivity index (χ3n) is 4.50. The van der Waals surface area contributed by atoms with Gasteiger partial charge in [0.1, 0.15) is 17.0 Å². The maximum Gasteiger partial charge on any atom is 0.413 e. The number of rotatable bonds is 4. The summed E-state index contributed by atoms with van der Waals surface area (Å²) in [6.45, 7) is 10.9. The fourth-order valence-electron chi connectivity index (χ4n) is 3.32. The lowest BCUT2D eigenvalue weighted by molar-refractivity contribution is 0.0624. The molecule has 174 valence electrons. The number of aromatic nitrogens is 1. The SMILES string of the molecule is CC(C)(C)OC(=O)Nc1cc(Cc2ccc(NC(=O)OC(C)(C)C)c3ccccc23)ccn1. The van der Waals surface area contributed by atoms with Gasteiger partial charge in [0.15, 0.2) is 0 Å². The number of carbonyl (C=O) groups is 2. The number of anilines is 2. The number of ether oxygens (including phenoxy) is 2. The Balaban J connectivity index is 1.82. The molecule has 33 heavy (non-hydrogen) atoms. The largest absolute Gasteiger partial charge is 0.444 e. The van der Waals surface area contributed by atoms with Gasteiger partial charge in [-0.05, 0) is 82.7 Å². The third kappa shape index (κ3) is 7.20. The standard InChI is InChI=1S/C26H31N3O4/c1-25(2,3)32-23(30)28-21-12-11-18(19-9-7-8-10-20(19)21)15-17-13-14-27-22(16-17)29-24(31)33-26(4,5)6/h7-14,16H,15H2,1-6H3,(H,28,30)(H,27,29,31). The highest BCUT2D eigenvalue weighted by Gasteiger charge is 2.18. The lowest BCUT2D eigenvalue weighted by Gasteiger charge is -2.20. The van der Waals surface area contributed by atoms with Crippen molar-refractivity contribution in [2.45, 2.75) is 59.2 Å². The number of hydrogen-bond donors (Lipinski definition) is 2. The first kappa shape index (κ1) is 24.0. The fraction of sp³-hybridized carbons (Fsp3) is 0.346. The van der Waals surface area contributed by atoms with Gasteiger partial charge in [0.2, 0.25) is 0 Å². The second-order valence-electron chi connectivity index (χ2n) is 9.80. The molecule has 0 aliphatic rings. The van der Waals surface area contributed by atoms with Gasteiger partial charge >= 0.3 is 12.2 Å². The summed E-state index contributed by atoms with van der Waals surface area (Å²) in [6, 6.07) is 15.5. The Morgan fingerprint density at radius 2 is 1.42 bits per heavy atom. The van der Waals surface area contributed by atoms with Crippen LogP contribution in [0.5, 0.6) is 0 Å². The number of pyridine rings is 1. The van der Waals surface area contributed by atoms with Crippen LogP contribution in [0, 0.1) is 0 Å². The Morgan fingerprint density at radius 3 is 2.06 bits per heavy atom. The first-order chi connectivity index (χ1) is 15.4. The molecule has 3 rings (SSSR count). The van der Waals surface area contributed by atoms with Crippen LogP contribution < -0.4 is 10.6 Å². The quantitative estimate of drug-likeness (QED) is 0.473. The molecule has 2 N–H and O–H groups in total. The van der Waals surface area contributed by atoms with Gasteiger partial charge in [-0.3, -0.25) is 10.6 Å². The van der Waals surface area contributed by atoms with Crippen molar-refractivity contribution in [1.29, 1.82) is 0 Å². The van der Waals surface area contributed by atoms with Crippen LogP contribution in [0.4, 0.5) is 21.1 Å². The van der Waals surface area contributed by atoms with Crippen molar-refractivity contribution < 1.29 is 19.1 Å². The number of fused-ring (bicyclic) bond motifs is 1. The lowest BCUT2D eigenvalue weighted by Crippen LogP contribution is -2.27. The van der Waals surface area contributed by atoms with Crippen molar-refractivity contribution in [3.63, 3.8) is 0 Å². The van der Waals surface area contributed by atoms with Gasteiger partial charge in [0.25, 0.3) is 0 Å². The van der Waals surface area contributed by atoms with Crippen molar-refractivity contribution in [3.8, 4) is 0 Å². The maximum absolute atomic E-state index is 12.3. The molecule has 0 unspecified atom stereocenters. The van der Waals surface area contributed by atoms with Crippen molar-refractivity contribution in [3.05, 3.63) is 65.9 Å². The zero-order chi connectivity index (χ0) is 24.2. The summed E-state index contributed by atoms with van der Waals surface area (Å²) in [5.41, 5.74) is 1.58. The van der Waals surface area contributed by atoms with Gasteiger partial charge < -0.3 is 9.47 Å². The van der Waals surface area contributed by atoms with Crippen LogP contribution >= 0.6 is 0 Å². The van der Waals surface area contributed by atoms with Crippen LogP contribution in [0.3, 0.4) is 0 Å². The van der Waals surface area contributed by atoms with Crippen LogP contribution in [-0.2, 0) is 15.9 Å². The van der Waals surface area contributed by atoms with Gasteiger partial charge in [-0.1, -0.05) is 30.3 Å². The fourth-order valence-corrected chi connectivity index (χ4v) is 3.32. The average molecular weight is 450 g/mol. The molecule has 1 aromatic heterocycles. The first-order valence-corrected chi connectivity index (χ1v) is 10.9. The zero-order valence-corrected chi connectivity index (χ0v) is 20.0. The molecule has 2 amide bonds. The van der Waals surface area contributed by atoms with E-state index in [2.05, 4.69) is 15.6 Å². The minimum absolute atomic E-state index is 0.425. The molecule has 7 nitrogen and oxygen atoms in total. The van der Waals surface area contributed by atoms with Crippen molar-refractivity contribution in [2.75, 3.05) is 10.6 Å². The average Bonchev–Trinajstić information content (AvgIpc) is 2.67. The van der Waals surface area contributed by atoms with E-state index in [9.17, 15) is 9.59 Å². The minimum atomic E-state index is -0.588. The number of benzene rings is 2. The molecule has 0 saturated carbocycles. The normalized spacial score (nSPS) is 11.7. The number of nitrogens with one attached hydrogen (secondary N) is 2. The molecule has 0 aliphatic carbocycles. The third-order valence-corrected chi connectivity index (χ3v) is 4.50. The molecular formula is C26H31N3O4. The molecule has 3 aromatic rings. The predicted octanol–water partition coefficient (Wildman–Crippen LogP) is 6.52. The summed E-state index contributed by atoms with van der Waals surface area (Å²) in [5, 5.41) is 7.46. The van der Waals surface area contributed by atoms with Gasteiger partial charge in [0.05, 0.1) is 5.69 Å². The highest BCUT2D eigenvalue weighted by molar-refractivity contribution is 6.01. The van der Waals surface area contributed by atoms with Gasteiger partial charge in [-0.2, -0.15) is 0 Å². The second kappa shape index (κ2) is 9.48. The summed E-state index contributed by atoms with van der Waals surface area (Å²) in [5.74, 6) is 0.425. The Morgan fingerprint density at radius 1 is 0.818 bits per heavy atom. The van der Waals surface area contributed by atoms with Crippen LogP contribution in [0.25, 0.3) is 10.8 Å².